The molecule has 0 spiro atoms. The fourth-order valence-corrected chi connectivity index (χ4v) is 2.83. The van der Waals surface area contributed by atoms with Crippen molar-refractivity contribution in [3.05, 3.63) is 36.0 Å². The van der Waals surface area contributed by atoms with Gasteiger partial charge in [0.15, 0.2) is 0 Å². The Hall–Kier alpha value is -2.30. The van der Waals surface area contributed by atoms with Crippen molar-refractivity contribution in [3.8, 4) is 0 Å². The standard InChI is InChI=1S/C15H16N2O3/c18-14(17-8-4-3-7-13(17)15(19)20)11-9-16-12-6-2-1-5-10(11)12/h1-2,5-6,9,13,16H,3-4,7-8H2,(H,19,20)/t13-/m1/s1. The van der Waals surface area contributed by atoms with Crippen molar-refractivity contribution in [3.63, 3.8) is 0 Å². The van der Waals surface area contributed by atoms with Gasteiger partial charge < -0.3 is 15.0 Å². The third-order valence-electron chi connectivity index (χ3n) is 3.87. The van der Waals surface area contributed by atoms with E-state index in [1.165, 1.54) is 4.90 Å². The average molecular weight is 272 g/mol. The van der Waals surface area contributed by atoms with Crippen LogP contribution in [0.4, 0.5) is 0 Å². The third-order valence-corrected chi connectivity index (χ3v) is 3.87. The largest absolute Gasteiger partial charge is 0.480 e. The molecule has 1 atom stereocenters. The molecule has 20 heavy (non-hydrogen) atoms. The molecule has 0 saturated carbocycles. The van der Waals surface area contributed by atoms with E-state index in [-0.39, 0.29) is 5.91 Å². The number of carbonyl (C=O) groups is 2. The Morgan fingerprint density at radius 3 is 2.85 bits per heavy atom. The lowest BCUT2D eigenvalue weighted by Gasteiger charge is -2.32. The summed E-state index contributed by atoms with van der Waals surface area (Å²) in [5.74, 6) is -1.12. The first-order valence-electron chi connectivity index (χ1n) is 6.78. The number of hydrogen-bond donors (Lipinski definition) is 2. The molecular formula is C15H16N2O3. The Bertz CT molecular complexity index is 662. The minimum Gasteiger partial charge on any atom is -0.480 e. The highest BCUT2D eigenvalue weighted by Gasteiger charge is 2.33. The van der Waals surface area contributed by atoms with Crippen LogP contribution in [-0.2, 0) is 4.79 Å². The number of H-pyrrole nitrogens is 1. The Kier molecular flexibility index (Phi) is 3.18. The van der Waals surface area contributed by atoms with Crippen molar-refractivity contribution < 1.29 is 14.7 Å². The highest BCUT2D eigenvalue weighted by molar-refractivity contribution is 6.07. The van der Waals surface area contributed by atoms with E-state index in [4.69, 9.17) is 0 Å². The summed E-state index contributed by atoms with van der Waals surface area (Å²) in [7, 11) is 0. The molecule has 0 aliphatic carbocycles. The van der Waals surface area contributed by atoms with Gasteiger partial charge >= 0.3 is 5.97 Å². The van der Waals surface area contributed by atoms with Crippen molar-refractivity contribution in [2.24, 2.45) is 0 Å². The summed E-state index contributed by atoms with van der Waals surface area (Å²) in [6.07, 6.45) is 3.91. The quantitative estimate of drug-likeness (QED) is 0.880. The number of carbonyl (C=O) groups excluding carboxylic acids is 1. The molecule has 2 N–H and O–H groups in total. The Labute approximate surface area is 116 Å². The van der Waals surface area contributed by atoms with E-state index in [1.54, 1.807) is 6.20 Å². The Morgan fingerprint density at radius 1 is 1.25 bits per heavy atom. The van der Waals surface area contributed by atoms with Gasteiger partial charge in [-0.25, -0.2) is 4.79 Å². The first-order chi connectivity index (χ1) is 9.68. The first-order valence-corrected chi connectivity index (χ1v) is 6.78. The van der Waals surface area contributed by atoms with Gasteiger partial charge in [-0.3, -0.25) is 4.79 Å². The number of carboxylic acids is 1. The van der Waals surface area contributed by atoms with E-state index in [1.807, 2.05) is 24.3 Å². The van der Waals surface area contributed by atoms with Crippen LogP contribution < -0.4 is 0 Å². The van der Waals surface area contributed by atoms with E-state index < -0.39 is 12.0 Å². The van der Waals surface area contributed by atoms with Crippen LogP contribution >= 0.6 is 0 Å². The number of para-hydroxylation sites is 1. The van der Waals surface area contributed by atoms with Crippen LogP contribution in [0.2, 0.25) is 0 Å². The SMILES string of the molecule is O=C(O)[C@H]1CCCCN1C(=O)c1c[nH]c2ccccc12. The predicted octanol–water partition coefficient (Wildman–Crippen LogP) is 2.25. The molecule has 0 bridgehead atoms. The summed E-state index contributed by atoms with van der Waals surface area (Å²) in [5.41, 5.74) is 1.44. The van der Waals surface area contributed by atoms with Crippen molar-refractivity contribution >= 4 is 22.8 Å². The molecule has 3 rings (SSSR count). The van der Waals surface area contributed by atoms with E-state index in [0.29, 0.717) is 18.5 Å². The van der Waals surface area contributed by atoms with Crippen LogP contribution in [0.3, 0.4) is 0 Å². The summed E-state index contributed by atoms with van der Waals surface area (Å²) in [4.78, 5) is 28.5. The number of aromatic amines is 1. The molecule has 1 aromatic heterocycles. The Balaban J connectivity index is 1.96. The van der Waals surface area contributed by atoms with Crippen LogP contribution in [0, 0.1) is 0 Å². The molecule has 5 heteroatoms. The normalized spacial score (nSPS) is 19.2. The number of aliphatic carboxylic acids is 1. The zero-order chi connectivity index (χ0) is 14.1. The molecule has 1 amide bonds. The van der Waals surface area contributed by atoms with Gasteiger partial charge in [0.25, 0.3) is 5.91 Å². The van der Waals surface area contributed by atoms with Crippen LogP contribution in [0.5, 0.6) is 0 Å². The van der Waals surface area contributed by atoms with Gasteiger partial charge in [0, 0.05) is 23.6 Å². The number of benzene rings is 1. The van der Waals surface area contributed by atoms with Gasteiger partial charge in [-0.15, -0.1) is 0 Å². The van der Waals surface area contributed by atoms with Crippen LogP contribution in [0.15, 0.2) is 30.5 Å². The first kappa shape index (κ1) is 12.7. The van der Waals surface area contributed by atoms with Gasteiger partial charge in [-0.05, 0) is 25.3 Å². The number of nitrogens with zero attached hydrogens (tertiary/aromatic N) is 1. The maximum atomic E-state index is 12.6. The third kappa shape index (κ3) is 2.05. The smallest absolute Gasteiger partial charge is 0.326 e. The number of carboxylic acid groups (broad SMARTS) is 1. The number of fused-ring (bicyclic) bond motifs is 1. The lowest BCUT2D eigenvalue weighted by molar-refractivity contribution is -0.143. The van der Waals surface area contributed by atoms with E-state index in [2.05, 4.69) is 4.98 Å². The average Bonchev–Trinajstić information content (AvgIpc) is 2.90. The molecule has 1 aromatic carbocycles. The molecule has 0 radical (unpaired) electrons. The minimum atomic E-state index is -0.919. The summed E-state index contributed by atoms with van der Waals surface area (Å²) in [6.45, 7) is 0.509. The van der Waals surface area contributed by atoms with E-state index >= 15 is 0 Å². The zero-order valence-electron chi connectivity index (χ0n) is 11.0. The van der Waals surface area contributed by atoms with Gasteiger partial charge in [0.2, 0.25) is 0 Å². The zero-order valence-corrected chi connectivity index (χ0v) is 11.0. The molecule has 104 valence electrons. The number of likely N-dealkylation sites (tertiary alicyclic amines) is 1. The number of hydrogen-bond acceptors (Lipinski definition) is 2. The van der Waals surface area contributed by atoms with E-state index in [9.17, 15) is 14.7 Å². The fraction of sp³-hybridized carbons (Fsp3) is 0.333. The van der Waals surface area contributed by atoms with Gasteiger partial charge in [0.1, 0.15) is 6.04 Å². The molecular weight excluding hydrogens is 256 g/mol. The number of aromatic nitrogens is 1. The second kappa shape index (κ2) is 5.00. The van der Waals surface area contributed by atoms with Crippen molar-refractivity contribution in [2.75, 3.05) is 6.54 Å². The monoisotopic (exact) mass is 272 g/mol. The molecule has 2 heterocycles. The topological polar surface area (TPSA) is 73.4 Å². The summed E-state index contributed by atoms with van der Waals surface area (Å²) < 4.78 is 0. The van der Waals surface area contributed by atoms with Gasteiger partial charge in [-0.2, -0.15) is 0 Å². The second-order valence-corrected chi connectivity index (χ2v) is 5.10. The number of amides is 1. The van der Waals surface area contributed by atoms with Crippen LogP contribution in [0.25, 0.3) is 10.9 Å². The second-order valence-electron chi connectivity index (χ2n) is 5.10. The predicted molar refractivity (Wildman–Crippen MR) is 74.6 cm³/mol. The minimum absolute atomic E-state index is 0.199. The highest BCUT2D eigenvalue weighted by atomic mass is 16.4. The van der Waals surface area contributed by atoms with E-state index in [0.717, 1.165) is 23.7 Å². The maximum absolute atomic E-state index is 12.6. The molecule has 1 saturated heterocycles. The van der Waals surface area contributed by atoms with Crippen molar-refractivity contribution in [1.29, 1.82) is 0 Å². The lowest BCUT2D eigenvalue weighted by atomic mass is 10.0. The maximum Gasteiger partial charge on any atom is 0.326 e. The van der Waals surface area contributed by atoms with Crippen molar-refractivity contribution in [1.82, 2.24) is 9.88 Å². The van der Waals surface area contributed by atoms with Gasteiger partial charge in [0.05, 0.1) is 5.56 Å². The molecule has 2 aromatic rings. The number of rotatable bonds is 2. The molecule has 1 aliphatic rings. The van der Waals surface area contributed by atoms with Crippen LogP contribution in [0.1, 0.15) is 29.6 Å². The molecule has 1 fully saturated rings. The summed E-state index contributed by atoms with van der Waals surface area (Å²) >= 11 is 0. The van der Waals surface area contributed by atoms with Crippen LogP contribution in [-0.4, -0.2) is 39.5 Å². The molecule has 5 nitrogen and oxygen atoms in total. The van der Waals surface area contributed by atoms with Gasteiger partial charge in [-0.1, -0.05) is 18.2 Å². The Morgan fingerprint density at radius 2 is 2.05 bits per heavy atom. The fourth-order valence-electron chi connectivity index (χ4n) is 2.83. The number of nitrogens with one attached hydrogen (secondary N) is 1. The molecule has 0 unspecified atom stereocenters. The lowest BCUT2D eigenvalue weighted by Crippen LogP contribution is -2.47. The number of piperidine rings is 1. The highest BCUT2D eigenvalue weighted by Crippen LogP contribution is 2.24. The summed E-state index contributed by atoms with van der Waals surface area (Å²) in [5, 5.41) is 10.1. The summed E-state index contributed by atoms with van der Waals surface area (Å²) in [6, 6.07) is 6.84. The van der Waals surface area contributed by atoms with Crippen molar-refractivity contribution in [2.45, 2.75) is 25.3 Å². The molecule has 1 aliphatic heterocycles.